The van der Waals surface area contributed by atoms with E-state index in [4.69, 9.17) is 4.74 Å². The molecule has 1 N–H and O–H groups in total. The molecule has 8 heteroatoms. The van der Waals surface area contributed by atoms with Crippen molar-refractivity contribution in [2.45, 2.75) is 20.8 Å². The molecule has 0 atom stereocenters. The summed E-state index contributed by atoms with van der Waals surface area (Å²) in [6, 6.07) is 6.08. The second kappa shape index (κ2) is 8.69. The third-order valence-electron chi connectivity index (χ3n) is 4.62. The summed E-state index contributed by atoms with van der Waals surface area (Å²) in [4.78, 5) is 36.2. The number of hydrogen-bond acceptors (Lipinski definition) is 6. The molecule has 2 heterocycles. The predicted molar refractivity (Wildman–Crippen MR) is 106 cm³/mol. The number of nitrogens with zero attached hydrogens (tertiary/aromatic N) is 4. The predicted octanol–water partition coefficient (Wildman–Crippen LogP) is 2.75. The van der Waals surface area contributed by atoms with Crippen LogP contribution in [0.3, 0.4) is 0 Å². The Hall–Kier alpha value is -3.16. The molecule has 1 aromatic carbocycles. The van der Waals surface area contributed by atoms with Crippen molar-refractivity contribution in [3.8, 4) is 0 Å². The first-order valence-electron chi connectivity index (χ1n) is 9.35. The minimum absolute atomic E-state index is 0.137. The summed E-state index contributed by atoms with van der Waals surface area (Å²) in [5.74, 6) is 0.303. The molecule has 28 heavy (non-hydrogen) atoms. The van der Waals surface area contributed by atoms with Gasteiger partial charge in [-0.15, -0.1) is 0 Å². The Bertz CT molecular complexity index is 845. The summed E-state index contributed by atoms with van der Waals surface area (Å²) in [6.45, 7) is 8.01. The van der Waals surface area contributed by atoms with Crippen molar-refractivity contribution in [3.63, 3.8) is 0 Å². The van der Waals surface area contributed by atoms with Gasteiger partial charge in [0.1, 0.15) is 0 Å². The highest BCUT2D eigenvalue weighted by molar-refractivity contribution is 5.94. The first-order valence-corrected chi connectivity index (χ1v) is 9.35. The molecule has 1 aliphatic rings. The van der Waals surface area contributed by atoms with Gasteiger partial charge in [-0.25, -0.2) is 14.8 Å². The van der Waals surface area contributed by atoms with Gasteiger partial charge in [0, 0.05) is 44.3 Å². The molecular weight excluding hydrogens is 358 g/mol. The number of hydrogen-bond donors (Lipinski definition) is 1. The Morgan fingerprint density at radius 1 is 1.07 bits per heavy atom. The van der Waals surface area contributed by atoms with Crippen LogP contribution in [0.5, 0.6) is 0 Å². The maximum Gasteiger partial charge on any atom is 0.409 e. The minimum Gasteiger partial charge on any atom is -0.450 e. The van der Waals surface area contributed by atoms with Crippen LogP contribution in [-0.4, -0.2) is 64.6 Å². The van der Waals surface area contributed by atoms with Crippen LogP contribution in [0.1, 0.15) is 28.4 Å². The van der Waals surface area contributed by atoms with Gasteiger partial charge in [0.05, 0.1) is 12.2 Å². The maximum atomic E-state index is 12.7. The Morgan fingerprint density at radius 2 is 1.71 bits per heavy atom. The van der Waals surface area contributed by atoms with Crippen molar-refractivity contribution < 1.29 is 14.3 Å². The molecule has 1 saturated heterocycles. The number of piperazine rings is 1. The summed E-state index contributed by atoms with van der Waals surface area (Å²) in [7, 11) is 0. The quantitative estimate of drug-likeness (QED) is 0.873. The maximum absolute atomic E-state index is 12.7. The van der Waals surface area contributed by atoms with Crippen LogP contribution < -0.4 is 5.32 Å². The molecule has 3 rings (SSSR count). The van der Waals surface area contributed by atoms with Gasteiger partial charge in [-0.3, -0.25) is 4.79 Å². The van der Waals surface area contributed by atoms with E-state index < -0.39 is 0 Å². The number of anilines is 2. The fourth-order valence-corrected chi connectivity index (χ4v) is 3.07. The summed E-state index contributed by atoms with van der Waals surface area (Å²) >= 11 is 0. The summed E-state index contributed by atoms with van der Waals surface area (Å²) in [5.41, 5.74) is 3.65. The lowest BCUT2D eigenvalue weighted by Crippen LogP contribution is -2.50. The van der Waals surface area contributed by atoms with Gasteiger partial charge in [-0.2, -0.15) is 0 Å². The van der Waals surface area contributed by atoms with E-state index >= 15 is 0 Å². The van der Waals surface area contributed by atoms with Gasteiger partial charge >= 0.3 is 6.09 Å². The number of rotatable bonds is 4. The SMILES string of the molecule is CCOC(=O)N1CCN(C(=O)c2cnc(Nc3ccc(C)cc3C)nc2)CC1. The van der Waals surface area contributed by atoms with Gasteiger partial charge < -0.3 is 19.9 Å². The number of aryl methyl sites for hydroxylation is 2. The van der Waals surface area contributed by atoms with Gasteiger partial charge in [0.25, 0.3) is 5.91 Å². The van der Waals surface area contributed by atoms with E-state index in [2.05, 4.69) is 21.4 Å². The number of aromatic nitrogens is 2. The molecule has 0 spiro atoms. The van der Waals surface area contributed by atoms with Crippen molar-refractivity contribution in [2.75, 3.05) is 38.1 Å². The molecule has 0 unspecified atom stereocenters. The molecule has 148 valence electrons. The Labute approximate surface area is 164 Å². The van der Waals surface area contributed by atoms with Crippen molar-refractivity contribution in [1.82, 2.24) is 19.8 Å². The zero-order valence-corrected chi connectivity index (χ0v) is 16.4. The number of benzene rings is 1. The van der Waals surface area contributed by atoms with E-state index in [1.54, 1.807) is 16.7 Å². The van der Waals surface area contributed by atoms with Gasteiger partial charge in [0.15, 0.2) is 0 Å². The second-order valence-electron chi connectivity index (χ2n) is 6.72. The summed E-state index contributed by atoms with van der Waals surface area (Å²) in [6.07, 6.45) is 2.72. The summed E-state index contributed by atoms with van der Waals surface area (Å²) in [5, 5.41) is 3.17. The molecule has 0 radical (unpaired) electrons. The van der Waals surface area contributed by atoms with Crippen LogP contribution in [0.4, 0.5) is 16.4 Å². The average Bonchev–Trinajstić information content (AvgIpc) is 2.70. The summed E-state index contributed by atoms with van der Waals surface area (Å²) < 4.78 is 5.00. The van der Waals surface area contributed by atoms with Crippen LogP contribution in [0.15, 0.2) is 30.6 Å². The zero-order valence-electron chi connectivity index (χ0n) is 16.4. The fourth-order valence-electron chi connectivity index (χ4n) is 3.07. The van der Waals surface area contributed by atoms with Crippen LogP contribution >= 0.6 is 0 Å². The fraction of sp³-hybridized carbons (Fsp3) is 0.400. The van der Waals surface area contributed by atoms with Gasteiger partial charge in [-0.05, 0) is 32.4 Å². The van der Waals surface area contributed by atoms with Gasteiger partial charge in [-0.1, -0.05) is 17.7 Å². The molecule has 0 bridgehead atoms. The highest BCUT2D eigenvalue weighted by Gasteiger charge is 2.25. The van der Waals surface area contributed by atoms with Crippen LogP contribution in [0, 0.1) is 13.8 Å². The number of nitrogens with one attached hydrogen (secondary N) is 1. The molecule has 0 aliphatic carbocycles. The van der Waals surface area contributed by atoms with Crippen molar-refractivity contribution >= 4 is 23.6 Å². The molecule has 2 aromatic rings. The lowest BCUT2D eigenvalue weighted by atomic mass is 10.1. The molecule has 1 aromatic heterocycles. The normalized spacial score (nSPS) is 14.0. The van der Waals surface area contributed by atoms with E-state index in [9.17, 15) is 9.59 Å². The van der Waals surface area contributed by atoms with Crippen LogP contribution in [0.25, 0.3) is 0 Å². The largest absolute Gasteiger partial charge is 0.450 e. The Balaban J connectivity index is 1.59. The first-order chi connectivity index (χ1) is 13.5. The molecule has 1 fully saturated rings. The van der Waals surface area contributed by atoms with Crippen LogP contribution in [-0.2, 0) is 4.74 Å². The zero-order chi connectivity index (χ0) is 20.1. The third kappa shape index (κ3) is 4.57. The second-order valence-corrected chi connectivity index (χ2v) is 6.72. The highest BCUT2D eigenvalue weighted by Crippen LogP contribution is 2.19. The lowest BCUT2D eigenvalue weighted by Gasteiger charge is -2.33. The monoisotopic (exact) mass is 383 g/mol. The molecular formula is C20H25N5O3. The van der Waals surface area contributed by atoms with E-state index in [-0.39, 0.29) is 12.0 Å². The molecule has 2 amide bonds. The molecule has 0 saturated carbocycles. The van der Waals surface area contributed by atoms with Gasteiger partial charge in [0.2, 0.25) is 5.95 Å². The van der Waals surface area contributed by atoms with Crippen molar-refractivity contribution in [2.24, 2.45) is 0 Å². The smallest absolute Gasteiger partial charge is 0.409 e. The van der Waals surface area contributed by atoms with E-state index in [0.717, 1.165) is 11.3 Å². The highest BCUT2D eigenvalue weighted by atomic mass is 16.6. The molecule has 8 nitrogen and oxygen atoms in total. The lowest BCUT2D eigenvalue weighted by molar-refractivity contribution is 0.0570. The number of ether oxygens (including phenoxy) is 1. The first kappa shape index (κ1) is 19.6. The minimum atomic E-state index is -0.334. The topological polar surface area (TPSA) is 87.7 Å². The number of carbonyl (C=O) groups excluding carboxylic acids is 2. The van der Waals surface area contributed by atoms with E-state index in [1.807, 2.05) is 26.0 Å². The standard InChI is InChI=1S/C20H25N5O3/c1-4-28-20(27)25-9-7-24(8-10-25)18(26)16-12-21-19(22-13-16)23-17-6-5-14(2)11-15(17)3/h5-6,11-13H,4,7-10H2,1-3H3,(H,21,22,23). The van der Waals surface area contributed by atoms with E-state index in [1.165, 1.54) is 18.0 Å². The van der Waals surface area contributed by atoms with E-state index in [0.29, 0.717) is 44.3 Å². The Morgan fingerprint density at radius 3 is 2.32 bits per heavy atom. The number of carbonyl (C=O) groups is 2. The van der Waals surface area contributed by atoms with Crippen molar-refractivity contribution in [1.29, 1.82) is 0 Å². The van der Waals surface area contributed by atoms with Crippen LogP contribution in [0.2, 0.25) is 0 Å². The third-order valence-corrected chi connectivity index (χ3v) is 4.62. The van der Waals surface area contributed by atoms with Crippen molar-refractivity contribution in [3.05, 3.63) is 47.3 Å². The number of amides is 2. The Kier molecular flexibility index (Phi) is 6.08. The average molecular weight is 383 g/mol. The molecule has 1 aliphatic heterocycles.